The van der Waals surface area contributed by atoms with Crippen LogP contribution in [0.5, 0.6) is 0 Å². The second-order valence-corrected chi connectivity index (χ2v) is 8.24. The molecular formula is C26H23ClN2O. The lowest BCUT2D eigenvalue weighted by atomic mass is 9.93. The fourth-order valence-corrected chi connectivity index (χ4v) is 4.66. The molecule has 0 spiro atoms. The number of nitrogens with one attached hydrogen (secondary N) is 1. The summed E-state index contributed by atoms with van der Waals surface area (Å²) < 4.78 is 0. The van der Waals surface area contributed by atoms with Crippen LogP contribution in [0.2, 0.25) is 5.02 Å². The number of benzene rings is 3. The highest BCUT2D eigenvalue weighted by Crippen LogP contribution is 2.45. The number of halogens is 1. The van der Waals surface area contributed by atoms with E-state index in [9.17, 15) is 4.79 Å². The van der Waals surface area contributed by atoms with Crippen molar-refractivity contribution in [2.45, 2.75) is 25.8 Å². The number of carbonyl (C=O) groups is 1. The van der Waals surface area contributed by atoms with Gasteiger partial charge in [0.15, 0.2) is 0 Å². The van der Waals surface area contributed by atoms with E-state index in [1.165, 1.54) is 0 Å². The zero-order chi connectivity index (χ0) is 20.7. The van der Waals surface area contributed by atoms with Crippen molar-refractivity contribution in [1.29, 1.82) is 0 Å². The molecule has 1 aromatic heterocycles. The van der Waals surface area contributed by atoms with Crippen LogP contribution in [0, 0.1) is 0 Å². The molecule has 5 rings (SSSR count). The highest BCUT2D eigenvalue weighted by atomic mass is 35.5. The summed E-state index contributed by atoms with van der Waals surface area (Å²) in [7, 11) is 0. The van der Waals surface area contributed by atoms with Gasteiger partial charge in [0.05, 0.1) is 11.7 Å². The van der Waals surface area contributed by atoms with Gasteiger partial charge in [0.1, 0.15) is 0 Å². The summed E-state index contributed by atoms with van der Waals surface area (Å²) in [6, 6.07) is 24.1. The van der Waals surface area contributed by atoms with Crippen LogP contribution in [0.15, 0.2) is 72.8 Å². The molecule has 0 fully saturated rings. The third-order valence-electron chi connectivity index (χ3n) is 5.96. The quantitative estimate of drug-likeness (QED) is 0.381. The Morgan fingerprint density at radius 3 is 2.50 bits per heavy atom. The van der Waals surface area contributed by atoms with Crippen LogP contribution in [-0.4, -0.2) is 22.3 Å². The van der Waals surface area contributed by atoms with Crippen molar-refractivity contribution >= 4 is 28.4 Å². The van der Waals surface area contributed by atoms with Gasteiger partial charge in [0, 0.05) is 33.6 Å². The number of fused-ring (bicyclic) bond motifs is 2. The maximum atomic E-state index is 13.3. The lowest BCUT2D eigenvalue weighted by Gasteiger charge is -2.26. The Balaban J connectivity index is 1.77. The first-order valence-electron chi connectivity index (χ1n) is 10.5. The number of hydrogen-bond acceptors (Lipinski definition) is 1. The first kappa shape index (κ1) is 19.0. The smallest absolute Gasteiger partial charge is 0.255 e. The van der Waals surface area contributed by atoms with E-state index in [1.54, 1.807) is 0 Å². The van der Waals surface area contributed by atoms with Crippen molar-refractivity contribution in [3.8, 4) is 11.3 Å². The zero-order valence-corrected chi connectivity index (χ0v) is 17.6. The SMILES string of the molecule is CCCCN1C(=O)c2ccccc2[C@@H]1c1c(-c2ccc(Cl)cc2)[nH]c2ccccc12. The maximum absolute atomic E-state index is 13.3. The number of aromatic nitrogens is 1. The second kappa shape index (κ2) is 7.66. The average Bonchev–Trinajstić information content (AvgIpc) is 3.28. The summed E-state index contributed by atoms with van der Waals surface area (Å²) in [5.41, 5.74) is 6.23. The molecule has 0 unspecified atom stereocenters. The molecule has 1 amide bonds. The number of para-hydroxylation sites is 1. The fraction of sp³-hybridized carbons (Fsp3) is 0.192. The van der Waals surface area contributed by atoms with E-state index in [1.807, 2.05) is 53.4 Å². The van der Waals surface area contributed by atoms with E-state index in [4.69, 9.17) is 11.6 Å². The molecule has 0 saturated carbocycles. The van der Waals surface area contributed by atoms with Crippen LogP contribution in [0.1, 0.15) is 47.3 Å². The van der Waals surface area contributed by atoms with Gasteiger partial charge in [-0.2, -0.15) is 0 Å². The molecule has 0 saturated heterocycles. The first-order valence-corrected chi connectivity index (χ1v) is 10.8. The van der Waals surface area contributed by atoms with Crippen LogP contribution < -0.4 is 0 Å². The molecule has 2 heterocycles. The molecule has 1 atom stereocenters. The fourth-order valence-electron chi connectivity index (χ4n) is 4.53. The molecule has 30 heavy (non-hydrogen) atoms. The highest BCUT2D eigenvalue weighted by Gasteiger charge is 2.39. The minimum absolute atomic E-state index is 0.109. The summed E-state index contributed by atoms with van der Waals surface area (Å²) in [6.45, 7) is 2.90. The molecule has 1 aliphatic rings. The predicted molar refractivity (Wildman–Crippen MR) is 123 cm³/mol. The Morgan fingerprint density at radius 1 is 0.967 bits per heavy atom. The number of hydrogen-bond donors (Lipinski definition) is 1. The third-order valence-corrected chi connectivity index (χ3v) is 6.22. The second-order valence-electron chi connectivity index (χ2n) is 7.81. The van der Waals surface area contributed by atoms with Crippen molar-refractivity contribution in [1.82, 2.24) is 9.88 Å². The van der Waals surface area contributed by atoms with Gasteiger partial charge in [0.25, 0.3) is 5.91 Å². The minimum Gasteiger partial charge on any atom is -0.354 e. The molecular weight excluding hydrogens is 392 g/mol. The molecule has 1 aliphatic heterocycles. The predicted octanol–water partition coefficient (Wildman–Crippen LogP) is 6.83. The van der Waals surface area contributed by atoms with E-state index >= 15 is 0 Å². The molecule has 0 radical (unpaired) electrons. The summed E-state index contributed by atoms with van der Waals surface area (Å²) in [4.78, 5) is 19.0. The van der Waals surface area contributed by atoms with Gasteiger partial charge in [-0.1, -0.05) is 73.5 Å². The molecule has 3 aromatic carbocycles. The summed E-state index contributed by atoms with van der Waals surface area (Å²) in [5.74, 6) is 0.122. The van der Waals surface area contributed by atoms with E-state index in [0.29, 0.717) is 5.02 Å². The Labute approximate surface area is 181 Å². The van der Waals surface area contributed by atoms with Gasteiger partial charge in [-0.05, 0) is 41.8 Å². The number of H-pyrrole nitrogens is 1. The monoisotopic (exact) mass is 414 g/mol. The lowest BCUT2D eigenvalue weighted by molar-refractivity contribution is 0.0748. The van der Waals surface area contributed by atoms with E-state index in [2.05, 4.69) is 36.2 Å². The Bertz CT molecular complexity index is 1230. The van der Waals surface area contributed by atoms with E-state index in [0.717, 1.165) is 58.2 Å². The number of amides is 1. The molecule has 1 N–H and O–H groups in total. The molecule has 150 valence electrons. The molecule has 4 heteroatoms. The van der Waals surface area contributed by atoms with Crippen molar-refractivity contribution in [3.63, 3.8) is 0 Å². The van der Waals surface area contributed by atoms with Crippen LogP contribution in [0.4, 0.5) is 0 Å². The summed E-state index contributed by atoms with van der Waals surface area (Å²) >= 11 is 6.15. The minimum atomic E-state index is -0.109. The largest absolute Gasteiger partial charge is 0.354 e. The zero-order valence-electron chi connectivity index (χ0n) is 16.9. The number of unbranched alkanes of at least 4 members (excludes halogenated alkanes) is 1. The standard InChI is InChI=1S/C26H23ClN2O/c1-2-3-16-29-25(19-8-4-5-9-20(19)26(29)30)23-21-10-6-7-11-22(21)28-24(23)17-12-14-18(27)15-13-17/h4-15,25,28H,2-3,16H2,1H3/t25-/m1/s1. The van der Waals surface area contributed by atoms with Crippen LogP contribution in [0.25, 0.3) is 22.2 Å². The van der Waals surface area contributed by atoms with Gasteiger partial charge >= 0.3 is 0 Å². The van der Waals surface area contributed by atoms with Crippen molar-refractivity contribution in [2.75, 3.05) is 6.54 Å². The van der Waals surface area contributed by atoms with Crippen molar-refractivity contribution in [3.05, 3.63) is 94.5 Å². The topological polar surface area (TPSA) is 36.1 Å². The van der Waals surface area contributed by atoms with Gasteiger partial charge in [0.2, 0.25) is 0 Å². The number of aromatic amines is 1. The number of carbonyl (C=O) groups excluding carboxylic acids is 1. The maximum Gasteiger partial charge on any atom is 0.255 e. The highest BCUT2D eigenvalue weighted by molar-refractivity contribution is 6.30. The third kappa shape index (κ3) is 3.01. The van der Waals surface area contributed by atoms with E-state index < -0.39 is 0 Å². The summed E-state index contributed by atoms with van der Waals surface area (Å²) in [5, 5.41) is 1.86. The van der Waals surface area contributed by atoms with Gasteiger partial charge in [-0.25, -0.2) is 0 Å². The number of nitrogens with zero attached hydrogens (tertiary/aromatic N) is 1. The molecule has 0 bridgehead atoms. The molecule has 4 aromatic rings. The number of rotatable bonds is 5. The van der Waals surface area contributed by atoms with Gasteiger partial charge < -0.3 is 9.88 Å². The molecule has 3 nitrogen and oxygen atoms in total. The average molecular weight is 415 g/mol. The lowest BCUT2D eigenvalue weighted by Crippen LogP contribution is -2.30. The Morgan fingerprint density at radius 2 is 1.70 bits per heavy atom. The Kier molecular flexibility index (Phi) is 4.84. The first-order chi connectivity index (χ1) is 14.7. The summed E-state index contributed by atoms with van der Waals surface area (Å²) in [6.07, 6.45) is 2.03. The van der Waals surface area contributed by atoms with Crippen molar-refractivity contribution in [2.24, 2.45) is 0 Å². The van der Waals surface area contributed by atoms with Gasteiger partial charge in [-0.3, -0.25) is 4.79 Å². The van der Waals surface area contributed by atoms with Crippen LogP contribution >= 0.6 is 11.6 Å². The van der Waals surface area contributed by atoms with Crippen LogP contribution in [0.3, 0.4) is 0 Å². The van der Waals surface area contributed by atoms with Crippen LogP contribution in [-0.2, 0) is 0 Å². The van der Waals surface area contributed by atoms with E-state index in [-0.39, 0.29) is 11.9 Å². The normalized spacial score (nSPS) is 15.7. The van der Waals surface area contributed by atoms with Gasteiger partial charge in [-0.15, -0.1) is 0 Å². The van der Waals surface area contributed by atoms with Crippen molar-refractivity contribution < 1.29 is 4.79 Å². The molecule has 0 aliphatic carbocycles. The Hall–Kier alpha value is -3.04.